The molecule has 0 aliphatic heterocycles. The first-order chi connectivity index (χ1) is 15.1. The fourth-order valence-corrected chi connectivity index (χ4v) is 3.37. The van der Waals surface area contributed by atoms with Crippen molar-refractivity contribution in [1.29, 1.82) is 0 Å². The number of hydrogen-bond acceptors (Lipinski definition) is 5. The van der Waals surface area contributed by atoms with E-state index in [-0.39, 0.29) is 12.1 Å². The molecule has 0 amide bonds. The molecular formula is C22H17FN6O2. The Labute approximate surface area is 175 Å². The summed E-state index contributed by atoms with van der Waals surface area (Å²) in [4.78, 5) is 13.0. The highest BCUT2D eigenvalue weighted by Gasteiger charge is 2.12. The summed E-state index contributed by atoms with van der Waals surface area (Å²) in [7, 11) is 1.60. The molecule has 0 aliphatic carbocycles. The zero-order valence-corrected chi connectivity index (χ0v) is 16.5. The average Bonchev–Trinajstić information content (AvgIpc) is 3.44. The highest BCUT2D eigenvalue weighted by Crippen LogP contribution is 2.23. The largest absolute Gasteiger partial charge is 0.497 e. The number of methoxy groups -OCH3 is 1. The molecule has 0 radical (unpaired) electrons. The molecule has 2 aromatic carbocycles. The van der Waals surface area contributed by atoms with Crippen LogP contribution in [-0.4, -0.2) is 36.3 Å². The van der Waals surface area contributed by atoms with Gasteiger partial charge in [-0.3, -0.25) is 4.79 Å². The van der Waals surface area contributed by atoms with Gasteiger partial charge in [0.15, 0.2) is 0 Å². The van der Waals surface area contributed by atoms with Gasteiger partial charge in [0.2, 0.25) is 0 Å². The van der Waals surface area contributed by atoms with E-state index in [2.05, 4.69) is 15.4 Å². The van der Waals surface area contributed by atoms with Crippen LogP contribution >= 0.6 is 0 Å². The predicted octanol–water partition coefficient (Wildman–Crippen LogP) is 2.94. The second-order valence-corrected chi connectivity index (χ2v) is 6.93. The maximum atomic E-state index is 14.0. The van der Waals surface area contributed by atoms with Crippen molar-refractivity contribution in [2.75, 3.05) is 7.11 Å². The minimum absolute atomic E-state index is 0.198. The van der Waals surface area contributed by atoms with Crippen LogP contribution < -0.4 is 10.3 Å². The molecule has 0 saturated carbocycles. The summed E-state index contributed by atoms with van der Waals surface area (Å²) in [6.45, 7) is 0.198. The molecule has 0 aliphatic rings. The monoisotopic (exact) mass is 416 g/mol. The lowest BCUT2D eigenvalue weighted by Crippen LogP contribution is -2.21. The normalized spacial score (nSPS) is 11.2. The Balaban J connectivity index is 1.47. The van der Waals surface area contributed by atoms with Crippen molar-refractivity contribution >= 4 is 5.52 Å². The van der Waals surface area contributed by atoms with E-state index in [9.17, 15) is 9.18 Å². The molecule has 0 atom stereocenters. The van der Waals surface area contributed by atoms with Gasteiger partial charge in [0.05, 0.1) is 25.5 Å². The number of fused-ring (bicyclic) bond motifs is 1. The Morgan fingerprint density at radius 2 is 1.94 bits per heavy atom. The summed E-state index contributed by atoms with van der Waals surface area (Å²) in [5.74, 6) is 0.312. The zero-order chi connectivity index (χ0) is 21.4. The smallest absolute Gasteiger partial charge is 0.276 e. The van der Waals surface area contributed by atoms with E-state index in [0.29, 0.717) is 28.3 Å². The summed E-state index contributed by atoms with van der Waals surface area (Å²) in [5.41, 5.74) is 2.55. The standard InChI is InChI=1S/C22H17FN6O2/c1-31-17-6-4-5-15(11-17)19-12-21-22(30)27(9-10-28(21)25-19)13-16-14-29(26-24-16)20-8-3-2-7-18(20)23/h2-12,14H,13H2,1H3. The van der Waals surface area contributed by atoms with E-state index in [1.807, 2.05) is 24.3 Å². The number of benzene rings is 2. The van der Waals surface area contributed by atoms with Gasteiger partial charge in [0.25, 0.3) is 5.56 Å². The quantitative estimate of drug-likeness (QED) is 0.440. The molecule has 0 N–H and O–H groups in total. The number of aromatic nitrogens is 6. The Bertz CT molecular complexity index is 1450. The fourth-order valence-electron chi connectivity index (χ4n) is 3.37. The first-order valence-corrected chi connectivity index (χ1v) is 9.52. The summed E-state index contributed by atoms with van der Waals surface area (Å²) in [6.07, 6.45) is 4.95. The molecule has 3 heterocycles. The van der Waals surface area contributed by atoms with Crippen molar-refractivity contribution in [2.24, 2.45) is 0 Å². The Kier molecular flexibility index (Phi) is 4.55. The van der Waals surface area contributed by atoms with E-state index < -0.39 is 5.82 Å². The number of para-hydroxylation sites is 1. The first-order valence-electron chi connectivity index (χ1n) is 9.52. The van der Waals surface area contributed by atoms with Crippen molar-refractivity contribution in [3.05, 3.63) is 95.1 Å². The summed E-state index contributed by atoms with van der Waals surface area (Å²) < 4.78 is 23.7. The maximum Gasteiger partial charge on any atom is 0.276 e. The number of halogens is 1. The van der Waals surface area contributed by atoms with E-state index >= 15 is 0 Å². The van der Waals surface area contributed by atoms with Crippen molar-refractivity contribution in [3.63, 3.8) is 0 Å². The third-order valence-corrected chi connectivity index (χ3v) is 4.94. The minimum atomic E-state index is -0.401. The number of nitrogens with zero attached hydrogens (tertiary/aromatic N) is 6. The molecule has 31 heavy (non-hydrogen) atoms. The molecule has 0 fully saturated rings. The highest BCUT2D eigenvalue weighted by atomic mass is 19.1. The first kappa shape index (κ1) is 18.7. The van der Waals surface area contributed by atoms with Crippen LogP contribution in [0.3, 0.4) is 0 Å². The van der Waals surface area contributed by atoms with E-state index in [4.69, 9.17) is 4.74 Å². The van der Waals surface area contributed by atoms with Gasteiger partial charge in [-0.05, 0) is 30.3 Å². The van der Waals surface area contributed by atoms with Crippen LogP contribution in [0.15, 0.2) is 78.0 Å². The third-order valence-electron chi connectivity index (χ3n) is 4.94. The van der Waals surface area contributed by atoms with E-state index in [1.165, 1.54) is 15.3 Å². The topological polar surface area (TPSA) is 79.2 Å². The van der Waals surface area contributed by atoms with Gasteiger partial charge in [0, 0.05) is 18.0 Å². The number of hydrogen-bond donors (Lipinski definition) is 0. The number of ether oxygens (including phenoxy) is 1. The maximum absolute atomic E-state index is 14.0. The van der Waals surface area contributed by atoms with Crippen molar-refractivity contribution in [3.8, 4) is 22.7 Å². The summed E-state index contributed by atoms with van der Waals surface area (Å²) >= 11 is 0. The predicted molar refractivity (Wildman–Crippen MR) is 112 cm³/mol. The molecule has 5 rings (SSSR count). The summed E-state index contributed by atoms with van der Waals surface area (Å²) in [6, 6.07) is 15.5. The molecule has 3 aromatic heterocycles. The van der Waals surface area contributed by atoms with Crippen LogP contribution in [0.1, 0.15) is 5.69 Å². The zero-order valence-electron chi connectivity index (χ0n) is 16.5. The van der Waals surface area contributed by atoms with Gasteiger partial charge in [-0.1, -0.05) is 29.5 Å². The van der Waals surface area contributed by atoms with E-state index in [0.717, 1.165) is 5.56 Å². The van der Waals surface area contributed by atoms with Gasteiger partial charge in [-0.15, -0.1) is 5.10 Å². The van der Waals surface area contributed by atoms with Crippen molar-refractivity contribution in [2.45, 2.75) is 6.54 Å². The fraction of sp³-hybridized carbons (Fsp3) is 0.0909. The highest BCUT2D eigenvalue weighted by molar-refractivity contribution is 5.66. The molecular weight excluding hydrogens is 399 g/mol. The van der Waals surface area contributed by atoms with Gasteiger partial charge in [-0.25, -0.2) is 13.6 Å². The number of rotatable bonds is 5. The Morgan fingerprint density at radius 1 is 1.06 bits per heavy atom. The molecule has 0 saturated heterocycles. The molecule has 0 unspecified atom stereocenters. The SMILES string of the molecule is COc1cccc(-c2cc3c(=O)n(Cc4cn(-c5ccccc5F)nn4)ccn3n2)c1. The van der Waals surface area contributed by atoms with E-state index in [1.54, 1.807) is 54.5 Å². The second-order valence-electron chi connectivity index (χ2n) is 6.93. The van der Waals surface area contributed by atoms with Gasteiger partial charge >= 0.3 is 0 Å². The van der Waals surface area contributed by atoms with Crippen LogP contribution in [0.5, 0.6) is 5.75 Å². The Hall–Kier alpha value is -4.27. The third kappa shape index (κ3) is 3.46. The molecule has 9 heteroatoms. The van der Waals surface area contributed by atoms with Crippen LogP contribution in [0.25, 0.3) is 22.5 Å². The average molecular weight is 416 g/mol. The molecule has 8 nitrogen and oxygen atoms in total. The van der Waals surface area contributed by atoms with Crippen LogP contribution in [0, 0.1) is 5.82 Å². The molecule has 0 bridgehead atoms. The molecule has 5 aromatic rings. The van der Waals surface area contributed by atoms with Crippen LogP contribution in [0.4, 0.5) is 4.39 Å². The Morgan fingerprint density at radius 3 is 2.77 bits per heavy atom. The molecule has 0 spiro atoms. The van der Waals surface area contributed by atoms with Crippen LogP contribution in [-0.2, 0) is 6.54 Å². The lowest BCUT2D eigenvalue weighted by atomic mass is 10.1. The minimum Gasteiger partial charge on any atom is -0.497 e. The van der Waals surface area contributed by atoms with Gasteiger partial charge in [0.1, 0.15) is 28.5 Å². The van der Waals surface area contributed by atoms with Crippen molar-refractivity contribution in [1.82, 2.24) is 29.2 Å². The summed E-state index contributed by atoms with van der Waals surface area (Å²) in [5, 5.41) is 12.5. The second kappa shape index (κ2) is 7.52. The van der Waals surface area contributed by atoms with Crippen LogP contribution in [0.2, 0.25) is 0 Å². The van der Waals surface area contributed by atoms with Gasteiger partial charge in [-0.2, -0.15) is 5.10 Å². The lowest BCUT2D eigenvalue weighted by molar-refractivity contribution is 0.415. The van der Waals surface area contributed by atoms with Crippen molar-refractivity contribution < 1.29 is 9.13 Å². The molecule has 154 valence electrons. The van der Waals surface area contributed by atoms with Gasteiger partial charge < -0.3 is 9.30 Å². The lowest BCUT2D eigenvalue weighted by Gasteiger charge is -2.03.